The van der Waals surface area contributed by atoms with Crippen molar-refractivity contribution in [1.29, 1.82) is 0 Å². The molecule has 0 aromatic heterocycles. The van der Waals surface area contributed by atoms with Gasteiger partial charge in [0.2, 0.25) is 0 Å². The molecule has 1 saturated heterocycles. The van der Waals surface area contributed by atoms with E-state index in [4.69, 9.17) is 13.7 Å². The lowest BCUT2D eigenvalue weighted by Gasteiger charge is -2.32. The summed E-state index contributed by atoms with van der Waals surface area (Å²) in [6.45, 7) is 14.8. The molecule has 1 aromatic carbocycles. The molecule has 1 aliphatic heterocycles. The number of unbranched alkanes of at least 4 members (excludes halogenated alkanes) is 1. The van der Waals surface area contributed by atoms with Crippen molar-refractivity contribution in [1.82, 2.24) is 0 Å². The monoisotopic (exact) mass is 393 g/mol. The summed E-state index contributed by atoms with van der Waals surface area (Å²) in [5.74, 6) is 0. The van der Waals surface area contributed by atoms with Gasteiger partial charge in [-0.25, -0.2) is 0 Å². The molecule has 27 heavy (non-hydrogen) atoms. The predicted octanol–water partition coefficient (Wildman–Crippen LogP) is 4.42. The van der Waals surface area contributed by atoms with Crippen LogP contribution in [0.1, 0.15) is 53.0 Å². The smallest absolute Gasteiger partial charge is 0.413 e. The van der Waals surface area contributed by atoms with Crippen LogP contribution in [0.4, 0.5) is 5.69 Å². The van der Waals surface area contributed by atoms with Gasteiger partial charge < -0.3 is 13.7 Å². The minimum atomic E-state index is -1.78. The molecule has 0 atom stereocenters. The highest BCUT2D eigenvalue weighted by Crippen LogP contribution is 2.36. The molecule has 1 aliphatic rings. The lowest BCUT2D eigenvalue weighted by atomic mass is 9.78. The molecule has 6 nitrogen and oxygen atoms in total. The molecule has 0 N–H and O–H groups in total. The molecule has 0 amide bonds. The van der Waals surface area contributed by atoms with Crippen LogP contribution in [0.15, 0.2) is 18.2 Å². The van der Waals surface area contributed by atoms with Crippen molar-refractivity contribution in [2.45, 2.75) is 84.4 Å². The number of nitro benzene ring substituents is 1. The molecule has 1 aromatic rings. The second-order valence-electron chi connectivity index (χ2n) is 8.93. The van der Waals surface area contributed by atoms with Crippen LogP contribution in [0.25, 0.3) is 0 Å². The molecule has 0 bridgehead atoms. The highest BCUT2D eigenvalue weighted by molar-refractivity contribution is 6.71. The molecular formula is C19H32BNO5Si. The minimum Gasteiger partial charge on any atom is -0.413 e. The van der Waals surface area contributed by atoms with Crippen LogP contribution in [0, 0.1) is 10.1 Å². The Labute approximate surface area is 164 Å². The van der Waals surface area contributed by atoms with E-state index in [0.717, 1.165) is 24.4 Å². The molecule has 8 heteroatoms. The van der Waals surface area contributed by atoms with Crippen LogP contribution < -0.4 is 5.46 Å². The van der Waals surface area contributed by atoms with E-state index in [1.165, 1.54) is 6.07 Å². The molecule has 1 heterocycles. The average Bonchev–Trinajstić information content (AvgIpc) is 2.79. The van der Waals surface area contributed by atoms with Crippen molar-refractivity contribution in [3.05, 3.63) is 33.9 Å². The molecule has 0 radical (unpaired) electrons. The topological polar surface area (TPSA) is 70.8 Å². The largest absolute Gasteiger partial charge is 0.495 e. The Morgan fingerprint density at radius 2 is 1.74 bits per heavy atom. The number of hydrogen-bond acceptors (Lipinski definition) is 5. The quantitative estimate of drug-likeness (QED) is 0.372. The van der Waals surface area contributed by atoms with Crippen LogP contribution in [-0.4, -0.2) is 31.6 Å². The van der Waals surface area contributed by atoms with Gasteiger partial charge in [0.25, 0.3) is 5.69 Å². The fourth-order valence-corrected chi connectivity index (χ4v) is 4.86. The SMILES string of the molecule is CCCC[Si](C)(C)OCc1cc(B2OC(C)(C)C(C)(C)O2)cc([N+](=O)[O-])c1. The normalized spacial score (nSPS) is 18.7. The summed E-state index contributed by atoms with van der Waals surface area (Å²) in [5, 5.41) is 11.4. The summed E-state index contributed by atoms with van der Waals surface area (Å²) in [6, 6.07) is 6.10. The van der Waals surface area contributed by atoms with Gasteiger partial charge in [0.05, 0.1) is 22.7 Å². The average molecular weight is 393 g/mol. The van der Waals surface area contributed by atoms with Crippen molar-refractivity contribution in [2.75, 3.05) is 0 Å². The van der Waals surface area contributed by atoms with Crippen LogP contribution in [-0.2, 0) is 20.3 Å². The standard InChI is InChI=1S/C19H32BNO5Si/c1-8-9-10-27(6,7)24-14-15-11-16(13-17(12-15)21(22)23)20-25-18(2,3)19(4,5)26-20/h11-13H,8-10,14H2,1-7H3. The Bertz CT molecular complexity index is 677. The van der Waals surface area contributed by atoms with Crippen LogP contribution in [0.3, 0.4) is 0 Å². The second-order valence-corrected chi connectivity index (χ2v) is 13.2. The van der Waals surface area contributed by atoms with Gasteiger partial charge in [0.1, 0.15) is 0 Å². The van der Waals surface area contributed by atoms with Gasteiger partial charge in [-0.2, -0.15) is 0 Å². The summed E-state index contributed by atoms with van der Waals surface area (Å²) in [7, 11) is -2.40. The van der Waals surface area contributed by atoms with Gasteiger partial charge >= 0.3 is 7.12 Å². The Morgan fingerprint density at radius 3 is 2.26 bits per heavy atom. The highest BCUT2D eigenvalue weighted by Gasteiger charge is 2.52. The molecule has 2 rings (SSSR count). The van der Waals surface area contributed by atoms with Gasteiger partial charge in [0.15, 0.2) is 8.32 Å². The van der Waals surface area contributed by atoms with Gasteiger partial charge in [-0.1, -0.05) is 25.8 Å². The number of non-ortho nitro benzene ring substituents is 1. The zero-order chi connectivity index (χ0) is 20.5. The first-order valence-electron chi connectivity index (χ1n) is 9.65. The van der Waals surface area contributed by atoms with Gasteiger partial charge in [-0.3, -0.25) is 10.1 Å². The van der Waals surface area contributed by atoms with E-state index in [1.807, 2.05) is 33.8 Å². The van der Waals surface area contributed by atoms with E-state index in [2.05, 4.69) is 20.0 Å². The number of nitro groups is 1. The molecular weight excluding hydrogens is 361 g/mol. The Balaban J connectivity index is 2.24. The van der Waals surface area contributed by atoms with Gasteiger partial charge in [-0.05, 0) is 57.9 Å². The first-order valence-corrected chi connectivity index (χ1v) is 12.8. The fourth-order valence-electron chi connectivity index (χ4n) is 2.96. The molecule has 0 spiro atoms. The lowest BCUT2D eigenvalue weighted by Crippen LogP contribution is -2.41. The van der Waals surface area contributed by atoms with Crippen LogP contribution >= 0.6 is 0 Å². The number of nitrogens with zero attached hydrogens (tertiary/aromatic N) is 1. The molecule has 0 unspecified atom stereocenters. The molecule has 0 saturated carbocycles. The highest BCUT2D eigenvalue weighted by atomic mass is 28.4. The summed E-state index contributed by atoms with van der Waals surface area (Å²) >= 11 is 0. The summed E-state index contributed by atoms with van der Waals surface area (Å²) in [6.07, 6.45) is 2.29. The first kappa shape index (κ1) is 22.1. The third kappa shape index (κ3) is 5.40. The summed E-state index contributed by atoms with van der Waals surface area (Å²) < 4.78 is 18.3. The number of rotatable bonds is 8. The zero-order valence-electron chi connectivity index (χ0n) is 17.6. The summed E-state index contributed by atoms with van der Waals surface area (Å²) in [5.41, 5.74) is 0.497. The van der Waals surface area contributed by atoms with E-state index in [1.54, 1.807) is 6.07 Å². The summed E-state index contributed by atoms with van der Waals surface area (Å²) in [4.78, 5) is 11.0. The van der Waals surface area contributed by atoms with Crippen molar-refractivity contribution in [3.8, 4) is 0 Å². The molecule has 0 aliphatic carbocycles. The Kier molecular flexibility index (Phi) is 6.56. The number of hydrogen-bond donors (Lipinski definition) is 0. The minimum absolute atomic E-state index is 0.0360. The lowest BCUT2D eigenvalue weighted by molar-refractivity contribution is -0.384. The third-order valence-corrected chi connectivity index (χ3v) is 7.98. The predicted molar refractivity (Wildman–Crippen MR) is 111 cm³/mol. The van der Waals surface area contributed by atoms with Gasteiger partial charge in [0, 0.05) is 12.1 Å². The third-order valence-electron chi connectivity index (χ3n) is 5.50. The van der Waals surface area contributed by atoms with Crippen LogP contribution in [0.5, 0.6) is 0 Å². The van der Waals surface area contributed by atoms with E-state index in [-0.39, 0.29) is 10.6 Å². The van der Waals surface area contributed by atoms with E-state index >= 15 is 0 Å². The first-order chi connectivity index (χ1) is 12.4. The number of benzene rings is 1. The maximum absolute atomic E-state index is 11.4. The van der Waals surface area contributed by atoms with E-state index in [9.17, 15) is 10.1 Å². The van der Waals surface area contributed by atoms with E-state index < -0.39 is 26.6 Å². The molecule has 150 valence electrons. The van der Waals surface area contributed by atoms with Crippen molar-refractivity contribution in [2.24, 2.45) is 0 Å². The van der Waals surface area contributed by atoms with Gasteiger partial charge in [-0.15, -0.1) is 0 Å². The zero-order valence-corrected chi connectivity index (χ0v) is 18.6. The maximum Gasteiger partial charge on any atom is 0.495 e. The van der Waals surface area contributed by atoms with Crippen molar-refractivity contribution < 1.29 is 18.7 Å². The maximum atomic E-state index is 11.4. The Hall–Kier alpha value is -1.22. The van der Waals surface area contributed by atoms with Crippen molar-refractivity contribution in [3.63, 3.8) is 0 Å². The van der Waals surface area contributed by atoms with Crippen LogP contribution in [0.2, 0.25) is 19.1 Å². The fraction of sp³-hybridized carbons (Fsp3) is 0.684. The van der Waals surface area contributed by atoms with E-state index in [0.29, 0.717) is 12.1 Å². The molecule has 1 fully saturated rings. The second kappa shape index (κ2) is 8.03. The van der Waals surface area contributed by atoms with Crippen molar-refractivity contribution >= 4 is 26.6 Å². The Morgan fingerprint density at radius 1 is 1.15 bits per heavy atom.